The van der Waals surface area contributed by atoms with Gasteiger partial charge in [-0.15, -0.1) is 0 Å². The van der Waals surface area contributed by atoms with Crippen LogP contribution in [0, 0.1) is 0 Å². The third kappa shape index (κ3) is 4.67. The summed E-state index contributed by atoms with van der Waals surface area (Å²) in [6, 6.07) is 26.0. The number of hydrogen-bond donors (Lipinski definition) is 2. The van der Waals surface area contributed by atoms with E-state index < -0.39 is 0 Å². The lowest BCUT2D eigenvalue weighted by molar-refractivity contribution is -0.114. The highest BCUT2D eigenvalue weighted by atomic mass is 16.1. The van der Waals surface area contributed by atoms with Gasteiger partial charge in [-0.05, 0) is 42.3 Å². The Morgan fingerprint density at radius 1 is 0.852 bits per heavy atom. The molecule has 0 fully saturated rings. The Kier molecular flexibility index (Phi) is 6.10. The molecule has 0 aliphatic carbocycles. The zero-order valence-electron chi connectivity index (χ0n) is 15.8. The van der Waals surface area contributed by atoms with Gasteiger partial charge in [-0.1, -0.05) is 55.5 Å². The third-order valence-corrected chi connectivity index (χ3v) is 4.52. The van der Waals surface area contributed by atoms with Crippen LogP contribution in [0.1, 0.15) is 12.5 Å². The van der Waals surface area contributed by atoms with Gasteiger partial charge in [0.05, 0.1) is 17.9 Å². The van der Waals surface area contributed by atoms with Crippen molar-refractivity contribution in [1.29, 1.82) is 0 Å². The van der Waals surface area contributed by atoms with Gasteiger partial charge >= 0.3 is 0 Å². The summed E-state index contributed by atoms with van der Waals surface area (Å²) in [5.74, 6) is -0.0620. The first-order chi connectivity index (χ1) is 13.2. The minimum absolute atomic E-state index is 0.0620. The molecule has 4 nitrogen and oxygen atoms in total. The first-order valence-electron chi connectivity index (χ1n) is 9.18. The normalized spacial score (nSPS) is 10.3. The van der Waals surface area contributed by atoms with Crippen LogP contribution in [-0.4, -0.2) is 19.5 Å². The molecule has 0 radical (unpaired) electrons. The van der Waals surface area contributed by atoms with Gasteiger partial charge in [0, 0.05) is 18.4 Å². The van der Waals surface area contributed by atoms with Gasteiger partial charge in [-0.25, -0.2) is 0 Å². The molecule has 2 N–H and O–H groups in total. The van der Waals surface area contributed by atoms with Crippen molar-refractivity contribution in [2.45, 2.75) is 13.3 Å². The van der Waals surface area contributed by atoms with Crippen molar-refractivity contribution in [1.82, 2.24) is 0 Å². The zero-order chi connectivity index (χ0) is 19.1. The molecule has 0 saturated heterocycles. The molecule has 4 heteroatoms. The number of rotatable bonds is 7. The standard InChI is InChI=1S/C23H25N3O/c1-3-18-11-7-8-14-20(18)25-23(27)17-24-21-15-9-10-16-22(21)26(2)19-12-5-4-6-13-19/h4-16,24H,3,17H2,1-2H3,(H,25,27). The van der Waals surface area contributed by atoms with Crippen LogP contribution in [0.4, 0.5) is 22.7 Å². The fraction of sp³-hybridized carbons (Fsp3) is 0.174. The smallest absolute Gasteiger partial charge is 0.243 e. The van der Waals surface area contributed by atoms with E-state index in [0.29, 0.717) is 0 Å². The number of benzene rings is 3. The van der Waals surface area contributed by atoms with Crippen molar-refractivity contribution in [2.75, 3.05) is 29.1 Å². The van der Waals surface area contributed by atoms with Crippen molar-refractivity contribution in [3.05, 3.63) is 84.4 Å². The molecule has 0 saturated carbocycles. The minimum atomic E-state index is -0.0620. The van der Waals surface area contributed by atoms with E-state index in [0.717, 1.165) is 34.7 Å². The first kappa shape index (κ1) is 18.5. The van der Waals surface area contributed by atoms with Gasteiger partial charge in [0.1, 0.15) is 0 Å². The molecule has 0 spiro atoms. The lowest BCUT2D eigenvalue weighted by Gasteiger charge is -2.23. The fourth-order valence-electron chi connectivity index (χ4n) is 3.03. The average molecular weight is 359 g/mol. The molecule has 3 aromatic rings. The SMILES string of the molecule is CCc1ccccc1NC(=O)CNc1ccccc1N(C)c1ccccc1. The van der Waals surface area contributed by atoms with E-state index in [4.69, 9.17) is 0 Å². The Bertz CT molecular complexity index is 893. The van der Waals surface area contributed by atoms with E-state index in [1.807, 2.05) is 73.8 Å². The summed E-state index contributed by atoms with van der Waals surface area (Å²) in [7, 11) is 2.02. The molecule has 0 unspecified atom stereocenters. The highest BCUT2D eigenvalue weighted by Gasteiger charge is 2.10. The number of nitrogens with one attached hydrogen (secondary N) is 2. The van der Waals surface area contributed by atoms with E-state index in [1.54, 1.807) is 0 Å². The maximum atomic E-state index is 12.4. The second-order valence-electron chi connectivity index (χ2n) is 6.32. The van der Waals surface area contributed by atoms with Gasteiger partial charge in [0.25, 0.3) is 0 Å². The number of para-hydroxylation sites is 4. The minimum Gasteiger partial charge on any atom is -0.374 e. The maximum absolute atomic E-state index is 12.4. The molecule has 0 aromatic heterocycles. The lowest BCUT2D eigenvalue weighted by atomic mass is 10.1. The molecule has 3 aromatic carbocycles. The predicted octanol–water partition coefficient (Wildman–Crippen LogP) is 5.07. The Hall–Kier alpha value is -3.27. The molecule has 0 aliphatic heterocycles. The van der Waals surface area contributed by atoms with Crippen LogP contribution >= 0.6 is 0 Å². The monoisotopic (exact) mass is 359 g/mol. The maximum Gasteiger partial charge on any atom is 0.243 e. The topological polar surface area (TPSA) is 44.4 Å². The molecule has 3 rings (SSSR count). The summed E-state index contributed by atoms with van der Waals surface area (Å²) in [5, 5.41) is 6.26. The molecule has 27 heavy (non-hydrogen) atoms. The van der Waals surface area contributed by atoms with Crippen LogP contribution in [0.3, 0.4) is 0 Å². The van der Waals surface area contributed by atoms with E-state index in [9.17, 15) is 4.79 Å². The predicted molar refractivity (Wildman–Crippen MR) is 114 cm³/mol. The fourth-order valence-corrected chi connectivity index (χ4v) is 3.03. The van der Waals surface area contributed by atoms with Crippen molar-refractivity contribution in [3.63, 3.8) is 0 Å². The Morgan fingerprint density at radius 3 is 2.22 bits per heavy atom. The molecule has 0 aliphatic rings. The zero-order valence-corrected chi connectivity index (χ0v) is 15.8. The van der Waals surface area contributed by atoms with Gasteiger partial charge in [0.15, 0.2) is 0 Å². The average Bonchev–Trinajstić information content (AvgIpc) is 2.73. The second kappa shape index (κ2) is 8.90. The number of amides is 1. The van der Waals surface area contributed by atoms with Crippen LogP contribution in [0.25, 0.3) is 0 Å². The second-order valence-corrected chi connectivity index (χ2v) is 6.32. The molecule has 0 bridgehead atoms. The van der Waals surface area contributed by atoms with Crippen LogP contribution in [0.2, 0.25) is 0 Å². The molecule has 1 amide bonds. The molecule has 138 valence electrons. The lowest BCUT2D eigenvalue weighted by Crippen LogP contribution is -2.23. The number of nitrogens with zero attached hydrogens (tertiary/aromatic N) is 1. The van der Waals surface area contributed by atoms with Crippen LogP contribution in [-0.2, 0) is 11.2 Å². The highest BCUT2D eigenvalue weighted by molar-refractivity contribution is 5.95. The molecule has 0 heterocycles. The number of aryl methyl sites for hydroxylation is 1. The number of carbonyl (C=O) groups is 1. The van der Waals surface area contributed by atoms with Gasteiger partial charge in [0.2, 0.25) is 5.91 Å². The summed E-state index contributed by atoms with van der Waals surface area (Å²) < 4.78 is 0. The Balaban J connectivity index is 1.69. The van der Waals surface area contributed by atoms with Crippen molar-refractivity contribution in [2.24, 2.45) is 0 Å². The highest BCUT2D eigenvalue weighted by Crippen LogP contribution is 2.30. The largest absolute Gasteiger partial charge is 0.374 e. The number of carbonyl (C=O) groups excluding carboxylic acids is 1. The van der Waals surface area contributed by atoms with E-state index >= 15 is 0 Å². The molecular formula is C23H25N3O. The quantitative estimate of drug-likeness (QED) is 0.619. The van der Waals surface area contributed by atoms with Gasteiger partial charge in [-0.3, -0.25) is 4.79 Å². The van der Waals surface area contributed by atoms with Crippen LogP contribution in [0.5, 0.6) is 0 Å². The molecular weight excluding hydrogens is 334 g/mol. The summed E-state index contributed by atoms with van der Waals surface area (Å²) in [5.41, 5.74) is 5.04. The van der Waals surface area contributed by atoms with Crippen molar-refractivity contribution >= 4 is 28.7 Å². The van der Waals surface area contributed by atoms with E-state index in [-0.39, 0.29) is 12.5 Å². The van der Waals surface area contributed by atoms with Crippen molar-refractivity contribution < 1.29 is 4.79 Å². The number of anilines is 4. The van der Waals surface area contributed by atoms with Crippen LogP contribution < -0.4 is 15.5 Å². The van der Waals surface area contributed by atoms with Gasteiger partial charge < -0.3 is 15.5 Å². The van der Waals surface area contributed by atoms with Crippen molar-refractivity contribution in [3.8, 4) is 0 Å². The first-order valence-corrected chi connectivity index (χ1v) is 9.18. The van der Waals surface area contributed by atoms with Crippen LogP contribution in [0.15, 0.2) is 78.9 Å². The number of hydrogen-bond acceptors (Lipinski definition) is 3. The Morgan fingerprint density at radius 2 is 1.48 bits per heavy atom. The third-order valence-electron chi connectivity index (χ3n) is 4.52. The summed E-state index contributed by atoms with van der Waals surface area (Å²) in [4.78, 5) is 14.5. The Labute approximate surface area is 160 Å². The van der Waals surface area contributed by atoms with E-state index in [2.05, 4.69) is 34.6 Å². The molecule has 0 atom stereocenters. The summed E-state index contributed by atoms with van der Waals surface area (Å²) in [6.45, 7) is 2.29. The van der Waals surface area contributed by atoms with E-state index in [1.165, 1.54) is 0 Å². The summed E-state index contributed by atoms with van der Waals surface area (Å²) in [6.07, 6.45) is 0.884. The van der Waals surface area contributed by atoms with Gasteiger partial charge in [-0.2, -0.15) is 0 Å². The summed E-state index contributed by atoms with van der Waals surface area (Å²) >= 11 is 0.